The van der Waals surface area contributed by atoms with Crippen molar-refractivity contribution >= 4 is 5.96 Å². The van der Waals surface area contributed by atoms with Crippen LogP contribution in [0.5, 0.6) is 11.5 Å². The van der Waals surface area contributed by atoms with Gasteiger partial charge in [0.25, 0.3) is 0 Å². The first kappa shape index (κ1) is 19.4. The van der Waals surface area contributed by atoms with Crippen LogP contribution in [0.1, 0.15) is 57.4 Å². The number of benzene rings is 1. The Bertz CT molecular complexity index is 538. The molecular weight excluding hydrogens is 314 g/mol. The summed E-state index contributed by atoms with van der Waals surface area (Å²) in [5.74, 6) is 2.18. The van der Waals surface area contributed by atoms with Crippen LogP contribution in [0.3, 0.4) is 0 Å². The van der Waals surface area contributed by atoms with Crippen LogP contribution >= 0.6 is 0 Å². The highest BCUT2D eigenvalue weighted by Crippen LogP contribution is 2.28. The number of nitrogens with two attached hydrogens (primary N) is 1. The van der Waals surface area contributed by atoms with Crippen LogP contribution in [0.4, 0.5) is 0 Å². The molecule has 5 heteroatoms. The topological polar surface area (TPSA) is 68.9 Å². The van der Waals surface area contributed by atoms with Gasteiger partial charge < -0.3 is 20.5 Å². The number of hydrogen-bond acceptors (Lipinski definition) is 3. The summed E-state index contributed by atoms with van der Waals surface area (Å²) in [4.78, 5) is 4.48. The van der Waals surface area contributed by atoms with E-state index in [4.69, 9.17) is 15.2 Å². The maximum atomic E-state index is 6.04. The molecule has 0 atom stereocenters. The van der Waals surface area contributed by atoms with Crippen molar-refractivity contribution in [1.29, 1.82) is 0 Å². The van der Waals surface area contributed by atoms with Crippen LogP contribution in [0.2, 0.25) is 0 Å². The number of aliphatic imine (C=N–C) groups is 1. The molecule has 0 heterocycles. The minimum absolute atomic E-state index is 0.501. The summed E-state index contributed by atoms with van der Waals surface area (Å²) < 4.78 is 10.9. The maximum absolute atomic E-state index is 6.04. The third kappa shape index (κ3) is 6.85. The van der Waals surface area contributed by atoms with Crippen molar-refractivity contribution in [3.8, 4) is 11.5 Å². The van der Waals surface area contributed by atoms with Crippen LogP contribution in [-0.4, -0.2) is 32.3 Å². The third-order valence-electron chi connectivity index (χ3n) is 4.64. The molecule has 1 aliphatic rings. The Hall–Kier alpha value is -1.91. The highest BCUT2D eigenvalue weighted by atomic mass is 16.5. The van der Waals surface area contributed by atoms with Gasteiger partial charge in [-0.15, -0.1) is 0 Å². The normalized spacial score (nSPS) is 16.3. The van der Waals surface area contributed by atoms with E-state index in [2.05, 4.69) is 22.4 Å². The Morgan fingerprint density at radius 3 is 2.64 bits per heavy atom. The van der Waals surface area contributed by atoms with E-state index < -0.39 is 0 Å². The molecule has 2 rings (SSSR count). The Labute approximate surface area is 152 Å². The minimum Gasteiger partial charge on any atom is -0.493 e. The number of ether oxygens (including phenoxy) is 2. The fourth-order valence-corrected chi connectivity index (χ4v) is 3.31. The molecule has 0 unspecified atom stereocenters. The van der Waals surface area contributed by atoms with Gasteiger partial charge in [-0.1, -0.05) is 31.7 Å². The van der Waals surface area contributed by atoms with Crippen molar-refractivity contribution < 1.29 is 9.47 Å². The van der Waals surface area contributed by atoms with Gasteiger partial charge in [-0.25, -0.2) is 0 Å². The Kier molecular flexibility index (Phi) is 8.43. The van der Waals surface area contributed by atoms with Gasteiger partial charge in [0, 0.05) is 12.6 Å². The van der Waals surface area contributed by atoms with Crippen molar-refractivity contribution in [2.45, 2.75) is 64.3 Å². The molecular formula is C20H33N3O2. The fraction of sp³-hybridized carbons (Fsp3) is 0.650. The first-order valence-corrected chi connectivity index (χ1v) is 9.59. The summed E-state index contributed by atoms with van der Waals surface area (Å²) >= 11 is 0. The number of methoxy groups -OCH3 is 1. The Balaban J connectivity index is 1.76. The van der Waals surface area contributed by atoms with Gasteiger partial charge in [-0.3, -0.25) is 4.99 Å². The molecule has 3 N–H and O–H groups in total. The second-order valence-corrected chi connectivity index (χ2v) is 6.62. The van der Waals surface area contributed by atoms with Crippen molar-refractivity contribution in [2.75, 3.05) is 20.3 Å². The second-order valence-electron chi connectivity index (χ2n) is 6.62. The van der Waals surface area contributed by atoms with Crippen LogP contribution in [0, 0.1) is 0 Å². The van der Waals surface area contributed by atoms with E-state index in [-0.39, 0.29) is 0 Å². The summed E-state index contributed by atoms with van der Waals surface area (Å²) in [5.41, 5.74) is 7.27. The molecule has 25 heavy (non-hydrogen) atoms. The first-order chi connectivity index (χ1) is 12.2. The van der Waals surface area contributed by atoms with E-state index in [0.29, 0.717) is 18.6 Å². The maximum Gasteiger partial charge on any atom is 0.188 e. The molecule has 0 bridgehead atoms. The summed E-state index contributed by atoms with van der Waals surface area (Å²) in [6, 6.07) is 6.60. The predicted octanol–water partition coefficient (Wildman–Crippen LogP) is 3.65. The monoisotopic (exact) mass is 347 g/mol. The van der Waals surface area contributed by atoms with Crippen molar-refractivity contribution in [2.24, 2.45) is 10.7 Å². The van der Waals surface area contributed by atoms with E-state index in [1.165, 1.54) is 44.1 Å². The van der Waals surface area contributed by atoms with Crippen molar-refractivity contribution in [3.63, 3.8) is 0 Å². The molecule has 1 aromatic rings. The molecule has 1 saturated carbocycles. The zero-order chi connectivity index (χ0) is 17.9. The zero-order valence-electron chi connectivity index (χ0n) is 15.7. The molecule has 0 radical (unpaired) electrons. The first-order valence-electron chi connectivity index (χ1n) is 9.59. The standard InChI is InChI=1S/C20H33N3O2/c1-3-25-19-15-16(12-13-18(19)24-2)9-8-14-22-20(21)23-17-10-6-4-5-7-11-17/h12-13,15,17H,3-11,14H2,1-2H3,(H3,21,22,23). The lowest BCUT2D eigenvalue weighted by Gasteiger charge is -2.16. The van der Waals surface area contributed by atoms with E-state index in [0.717, 1.165) is 30.9 Å². The number of aryl methyl sites for hydroxylation is 1. The quantitative estimate of drug-likeness (QED) is 0.326. The number of nitrogens with zero attached hydrogens (tertiary/aromatic N) is 1. The van der Waals surface area contributed by atoms with Crippen LogP contribution in [0.15, 0.2) is 23.2 Å². The lowest BCUT2D eigenvalue weighted by molar-refractivity contribution is 0.310. The molecule has 5 nitrogen and oxygen atoms in total. The predicted molar refractivity (Wildman–Crippen MR) is 104 cm³/mol. The van der Waals surface area contributed by atoms with Gasteiger partial charge >= 0.3 is 0 Å². The second kappa shape index (κ2) is 10.9. The van der Waals surface area contributed by atoms with E-state index in [1.807, 2.05) is 13.0 Å². The van der Waals surface area contributed by atoms with E-state index in [1.54, 1.807) is 7.11 Å². The third-order valence-corrected chi connectivity index (χ3v) is 4.64. The average molecular weight is 348 g/mol. The largest absolute Gasteiger partial charge is 0.493 e. The average Bonchev–Trinajstić information content (AvgIpc) is 2.88. The number of guanidine groups is 1. The SMILES string of the molecule is CCOc1cc(CCCN=C(N)NC2CCCCCC2)ccc1OC. The molecule has 1 aromatic carbocycles. The zero-order valence-corrected chi connectivity index (χ0v) is 15.7. The van der Waals surface area contributed by atoms with Crippen LogP contribution < -0.4 is 20.5 Å². The molecule has 0 spiro atoms. The van der Waals surface area contributed by atoms with Gasteiger partial charge in [0.2, 0.25) is 0 Å². The molecule has 0 amide bonds. The van der Waals surface area contributed by atoms with Gasteiger partial charge in [0.05, 0.1) is 13.7 Å². The summed E-state index contributed by atoms with van der Waals surface area (Å²) in [6.45, 7) is 3.35. The van der Waals surface area contributed by atoms with Crippen LogP contribution in [0.25, 0.3) is 0 Å². The molecule has 1 fully saturated rings. The molecule has 140 valence electrons. The lowest BCUT2D eigenvalue weighted by Crippen LogP contribution is -2.39. The number of rotatable bonds is 8. The van der Waals surface area contributed by atoms with Gasteiger partial charge in [0.1, 0.15) is 0 Å². The molecule has 0 aliphatic heterocycles. The molecule has 0 saturated heterocycles. The summed E-state index contributed by atoms with van der Waals surface area (Å²) in [7, 11) is 1.66. The lowest BCUT2D eigenvalue weighted by atomic mass is 10.1. The minimum atomic E-state index is 0.501. The van der Waals surface area contributed by atoms with Gasteiger partial charge in [-0.05, 0) is 50.3 Å². The number of hydrogen-bond donors (Lipinski definition) is 2. The smallest absolute Gasteiger partial charge is 0.188 e. The van der Waals surface area contributed by atoms with Crippen LogP contribution in [-0.2, 0) is 6.42 Å². The van der Waals surface area contributed by atoms with E-state index in [9.17, 15) is 0 Å². The Morgan fingerprint density at radius 2 is 1.96 bits per heavy atom. The van der Waals surface area contributed by atoms with Gasteiger partial charge in [-0.2, -0.15) is 0 Å². The number of nitrogens with one attached hydrogen (secondary N) is 1. The van der Waals surface area contributed by atoms with Crippen molar-refractivity contribution in [1.82, 2.24) is 5.32 Å². The highest BCUT2D eigenvalue weighted by molar-refractivity contribution is 5.78. The molecule has 1 aliphatic carbocycles. The fourth-order valence-electron chi connectivity index (χ4n) is 3.31. The Morgan fingerprint density at radius 1 is 1.20 bits per heavy atom. The summed E-state index contributed by atoms with van der Waals surface area (Å²) in [6.07, 6.45) is 9.62. The highest BCUT2D eigenvalue weighted by Gasteiger charge is 2.12. The van der Waals surface area contributed by atoms with Crippen molar-refractivity contribution in [3.05, 3.63) is 23.8 Å². The summed E-state index contributed by atoms with van der Waals surface area (Å²) in [5, 5.41) is 3.39. The van der Waals surface area contributed by atoms with Gasteiger partial charge in [0.15, 0.2) is 17.5 Å². The van der Waals surface area contributed by atoms with E-state index >= 15 is 0 Å². The molecule has 0 aromatic heterocycles.